The van der Waals surface area contributed by atoms with Crippen molar-refractivity contribution in [3.8, 4) is 5.75 Å². The number of amides is 1. The van der Waals surface area contributed by atoms with Crippen LogP contribution in [0, 0.1) is 0 Å². The van der Waals surface area contributed by atoms with Gasteiger partial charge < -0.3 is 14.8 Å². The number of carbonyl (C=O) groups excluding carboxylic acids is 2. The molecule has 2 rings (SSSR count). The van der Waals surface area contributed by atoms with E-state index in [-0.39, 0.29) is 13.0 Å². The molecule has 0 bridgehead atoms. The minimum Gasteiger partial charge on any atom is -0.494 e. The van der Waals surface area contributed by atoms with E-state index in [1.54, 1.807) is 12.1 Å². The average Bonchev–Trinajstić information content (AvgIpc) is 2.61. The molecule has 1 N–H and O–H groups in total. The highest BCUT2D eigenvalue weighted by Gasteiger charge is 2.09. The smallest absolute Gasteiger partial charge is 0.306 e. The van der Waals surface area contributed by atoms with E-state index in [0.29, 0.717) is 28.8 Å². The lowest BCUT2D eigenvalue weighted by Crippen LogP contribution is -2.21. The summed E-state index contributed by atoms with van der Waals surface area (Å²) in [5.41, 5.74) is 0.478. The van der Waals surface area contributed by atoms with E-state index in [0.717, 1.165) is 5.75 Å². The fourth-order valence-corrected chi connectivity index (χ4v) is 2.21. The standard InChI is InChI=1S/C18H17Cl2NO4/c19-15-9-8-13(11-16(15)20)21-17(22)12-25-18(23)7-4-10-24-14-5-2-1-3-6-14/h1-3,5-6,8-9,11H,4,7,10,12H2,(H,21,22). The molecule has 0 spiro atoms. The Morgan fingerprint density at radius 2 is 1.76 bits per heavy atom. The van der Waals surface area contributed by atoms with Crippen molar-refractivity contribution in [2.24, 2.45) is 0 Å². The molecule has 2 aromatic rings. The van der Waals surface area contributed by atoms with Crippen molar-refractivity contribution in [1.29, 1.82) is 0 Å². The molecule has 0 unspecified atom stereocenters. The number of halogens is 2. The van der Waals surface area contributed by atoms with Gasteiger partial charge in [-0.2, -0.15) is 0 Å². The third-order valence-electron chi connectivity index (χ3n) is 3.10. The Labute approximate surface area is 155 Å². The monoisotopic (exact) mass is 381 g/mol. The van der Waals surface area contributed by atoms with Crippen LogP contribution in [0.2, 0.25) is 10.0 Å². The van der Waals surface area contributed by atoms with Gasteiger partial charge in [-0.05, 0) is 36.8 Å². The normalized spacial score (nSPS) is 10.2. The Bertz CT molecular complexity index is 722. The van der Waals surface area contributed by atoms with Crippen LogP contribution < -0.4 is 10.1 Å². The summed E-state index contributed by atoms with van der Waals surface area (Å²) in [5.74, 6) is -0.162. The van der Waals surface area contributed by atoms with Crippen LogP contribution in [0.1, 0.15) is 12.8 Å². The predicted octanol–water partition coefficient (Wildman–Crippen LogP) is 4.33. The molecule has 0 aliphatic heterocycles. The minimum atomic E-state index is -0.457. The number of para-hydroxylation sites is 1. The number of esters is 1. The molecule has 0 aliphatic carbocycles. The Kier molecular flexibility index (Phi) is 7.57. The minimum absolute atomic E-state index is 0.173. The van der Waals surface area contributed by atoms with Crippen LogP contribution in [-0.2, 0) is 14.3 Å². The summed E-state index contributed by atoms with van der Waals surface area (Å²) in [7, 11) is 0. The summed E-state index contributed by atoms with van der Waals surface area (Å²) in [6.45, 7) is 0.0349. The highest BCUT2D eigenvalue weighted by molar-refractivity contribution is 6.42. The fourth-order valence-electron chi connectivity index (χ4n) is 1.91. The van der Waals surface area contributed by atoms with Gasteiger partial charge in [0, 0.05) is 12.1 Å². The summed E-state index contributed by atoms with van der Waals surface area (Å²) < 4.78 is 10.4. The second-order valence-corrected chi connectivity index (χ2v) is 5.92. The first kappa shape index (κ1) is 19.1. The molecule has 0 heterocycles. The van der Waals surface area contributed by atoms with Crippen molar-refractivity contribution in [2.75, 3.05) is 18.5 Å². The summed E-state index contributed by atoms with van der Waals surface area (Å²) in [6, 6.07) is 14.0. The number of anilines is 1. The van der Waals surface area contributed by atoms with E-state index in [4.69, 9.17) is 32.7 Å². The van der Waals surface area contributed by atoms with Crippen LogP contribution >= 0.6 is 23.2 Å². The Hall–Kier alpha value is -2.24. The van der Waals surface area contributed by atoms with Crippen molar-refractivity contribution in [1.82, 2.24) is 0 Å². The van der Waals surface area contributed by atoms with Crippen LogP contribution in [0.25, 0.3) is 0 Å². The SMILES string of the molecule is O=C(COC(=O)CCCOc1ccccc1)Nc1ccc(Cl)c(Cl)c1. The van der Waals surface area contributed by atoms with Gasteiger partial charge in [-0.1, -0.05) is 41.4 Å². The molecule has 0 fully saturated rings. The third kappa shape index (κ3) is 7.03. The zero-order chi connectivity index (χ0) is 18.1. The summed E-state index contributed by atoms with van der Waals surface area (Å²) >= 11 is 11.7. The number of ether oxygens (including phenoxy) is 2. The van der Waals surface area contributed by atoms with Gasteiger partial charge in [0.1, 0.15) is 5.75 Å². The first-order valence-electron chi connectivity index (χ1n) is 7.63. The molecule has 25 heavy (non-hydrogen) atoms. The van der Waals surface area contributed by atoms with Gasteiger partial charge in [0.05, 0.1) is 16.7 Å². The van der Waals surface area contributed by atoms with E-state index < -0.39 is 11.9 Å². The summed E-state index contributed by atoms with van der Waals surface area (Å²) in [4.78, 5) is 23.4. The Morgan fingerprint density at radius 3 is 2.48 bits per heavy atom. The highest BCUT2D eigenvalue weighted by Crippen LogP contribution is 2.24. The predicted molar refractivity (Wildman–Crippen MR) is 97.2 cm³/mol. The zero-order valence-electron chi connectivity index (χ0n) is 13.3. The van der Waals surface area contributed by atoms with E-state index in [1.165, 1.54) is 6.07 Å². The molecule has 0 aliphatic rings. The quantitative estimate of drug-likeness (QED) is 0.545. The lowest BCUT2D eigenvalue weighted by atomic mass is 10.3. The molecule has 7 heteroatoms. The molecule has 0 aromatic heterocycles. The molecule has 5 nitrogen and oxygen atoms in total. The molecule has 0 radical (unpaired) electrons. The van der Waals surface area contributed by atoms with Crippen molar-refractivity contribution in [3.05, 3.63) is 58.6 Å². The second kappa shape index (κ2) is 9.91. The van der Waals surface area contributed by atoms with Crippen molar-refractivity contribution in [3.63, 3.8) is 0 Å². The largest absolute Gasteiger partial charge is 0.494 e. The molecule has 2 aromatic carbocycles. The van der Waals surface area contributed by atoms with Crippen molar-refractivity contribution < 1.29 is 19.1 Å². The summed E-state index contributed by atoms with van der Waals surface area (Å²) in [5, 5.41) is 3.29. The topological polar surface area (TPSA) is 64.6 Å². The third-order valence-corrected chi connectivity index (χ3v) is 3.84. The molecular weight excluding hydrogens is 365 g/mol. The van der Waals surface area contributed by atoms with Gasteiger partial charge in [0.15, 0.2) is 6.61 Å². The van der Waals surface area contributed by atoms with Crippen LogP contribution in [0.4, 0.5) is 5.69 Å². The molecule has 0 saturated carbocycles. The zero-order valence-corrected chi connectivity index (χ0v) is 14.8. The lowest BCUT2D eigenvalue weighted by Gasteiger charge is -2.08. The van der Waals surface area contributed by atoms with E-state index in [1.807, 2.05) is 30.3 Å². The molecule has 0 atom stereocenters. The van der Waals surface area contributed by atoms with E-state index in [2.05, 4.69) is 5.32 Å². The van der Waals surface area contributed by atoms with Crippen LogP contribution in [-0.4, -0.2) is 25.1 Å². The van der Waals surface area contributed by atoms with Crippen LogP contribution in [0.5, 0.6) is 5.75 Å². The molecular formula is C18H17Cl2NO4. The van der Waals surface area contributed by atoms with Gasteiger partial charge in [-0.15, -0.1) is 0 Å². The Balaban J connectivity index is 1.62. The number of benzene rings is 2. The molecule has 0 saturated heterocycles. The van der Waals surface area contributed by atoms with Crippen LogP contribution in [0.3, 0.4) is 0 Å². The lowest BCUT2D eigenvalue weighted by molar-refractivity contribution is -0.147. The maximum Gasteiger partial charge on any atom is 0.306 e. The second-order valence-electron chi connectivity index (χ2n) is 5.10. The Morgan fingerprint density at radius 1 is 1.00 bits per heavy atom. The molecule has 132 valence electrons. The number of hydrogen-bond acceptors (Lipinski definition) is 4. The van der Waals surface area contributed by atoms with Crippen LogP contribution in [0.15, 0.2) is 48.5 Å². The van der Waals surface area contributed by atoms with Gasteiger partial charge in [-0.3, -0.25) is 9.59 Å². The molecule has 1 amide bonds. The van der Waals surface area contributed by atoms with Crippen molar-refractivity contribution >= 4 is 40.8 Å². The average molecular weight is 382 g/mol. The number of rotatable bonds is 8. The first-order valence-corrected chi connectivity index (χ1v) is 8.38. The van der Waals surface area contributed by atoms with Gasteiger partial charge in [0.2, 0.25) is 0 Å². The highest BCUT2D eigenvalue weighted by atomic mass is 35.5. The van der Waals surface area contributed by atoms with Crippen molar-refractivity contribution in [2.45, 2.75) is 12.8 Å². The number of hydrogen-bond donors (Lipinski definition) is 1. The first-order chi connectivity index (χ1) is 12.0. The maximum absolute atomic E-state index is 11.7. The van der Waals surface area contributed by atoms with Gasteiger partial charge in [-0.25, -0.2) is 0 Å². The van der Waals surface area contributed by atoms with Gasteiger partial charge >= 0.3 is 5.97 Å². The number of nitrogens with one attached hydrogen (secondary N) is 1. The van der Waals surface area contributed by atoms with Gasteiger partial charge in [0.25, 0.3) is 5.91 Å². The maximum atomic E-state index is 11.7. The van der Waals surface area contributed by atoms with E-state index >= 15 is 0 Å². The summed E-state index contributed by atoms with van der Waals surface area (Å²) in [6.07, 6.45) is 0.676. The number of carbonyl (C=O) groups is 2. The van der Waals surface area contributed by atoms with E-state index in [9.17, 15) is 9.59 Å². The fraction of sp³-hybridized carbons (Fsp3) is 0.222.